The molecule has 1 N–H and O–H groups in total. The number of carbonyl (C=O) groups excluding carboxylic acids is 2. The normalized spacial score (nSPS) is 17.2. The molecule has 0 bridgehead atoms. The Balaban J connectivity index is 1.79. The summed E-state index contributed by atoms with van der Waals surface area (Å²) in [5.41, 5.74) is 0.340. The van der Waals surface area contributed by atoms with Gasteiger partial charge in [-0.3, -0.25) is 9.69 Å². The molecule has 0 spiro atoms. The van der Waals surface area contributed by atoms with E-state index in [0.29, 0.717) is 19.6 Å². The Bertz CT molecular complexity index is 526. The minimum atomic E-state index is -0.797. The van der Waals surface area contributed by atoms with Crippen LogP contribution in [-0.2, 0) is 4.79 Å². The van der Waals surface area contributed by atoms with E-state index in [-0.39, 0.29) is 11.9 Å². The molecule has 2 rings (SSSR count). The molecule has 1 aromatic carbocycles. The molecular formula is C15H20N2O3. The van der Waals surface area contributed by atoms with Gasteiger partial charge in [-0.05, 0) is 44.9 Å². The molecule has 0 radical (unpaired) electrons. The lowest BCUT2D eigenvalue weighted by Gasteiger charge is -2.16. The summed E-state index contributed by atoms with van der Waals surface area (Å²) in [5.74, 6) is 0.626. The van der Waals surface area contributed by atoms with E-state index in [1.54, 1.807) is 13.8 Å². The summed E-state index contributed by atoms with van der Waals surface area (Å²) < 4.78 is 5.60. The lowest BCUT2D eigenvalue weighted by Crippen LogP contribution is -2.40. The van der Waals surface area contributed by atoms with Crippen LogP contribution in [0.25, 0.3) is 0 Å². The van der Waals surface area contributed by atoms with Gasteiger partial charge in [0.15, 0.2) is 0 Å². The Morgan fingerprint density at radius 1 is 1.30 bits per heavy atom. The molecule has 1 saturated heterocycles. The minimum absolute atomic E-state index is 0.182. The summed E-state index contributed by atoms with van der Waals surface area (Å²) in [7, 11) is 0. The van der Waals surface area contributed by atoms with Crippen LogP contribution in [0.3, 0.4) is 0 Å². The second-order valence-corrected chi connectivity index (χ2v) is 5.53. The van der Waals surface area contributed by atoms with E-state index >= 15 is 0 Å². The van der Waals surface area contributed by atoms with Crippen LogP contribution < -0.4 is 10.1 Å². The molecule has 0 aliphatic carbocycles. The van der Waals surface area contributed by atoms with E-state index < -0.39 is 5.54 Å². The summed E-state index contributed by atoms with van der Waals surface area (Å²) in [6, 6.07) is 7.46. The first-order valence-electron chi connectivity index (χ1n) is 6.74. The summed E-state index contributed by atoms with van der Waals surface area (Å²) >= 11 is 0. The van der Waals surface area contributed by atoms with Crippen LogP contribution in [0, 0.1) is 6.92 Å². The van der Waals surface area contributed by atoms with E-state index in [4.69, 9.17) is 4.74 Å². The lowest BCUT2D eigenvalue weighted by molar-refractivity contribution is -0.130. The van der Waals surface area contributed by atoms with E-state index in [1.165, 1.54) is 4.90 Å². The van der Waals surface area contributed by atoms with Crippen LogP contribution >= 0.6 is 0 Å². The molecule has 108 valence electrons. The quantitative estimate of drug-likeness (QED) is 0.662. The van der Waals surface area contributed by atoms with Gasteiger partial charge in [0.25, 0.3) is 5.91 Å². The standard InChI is InChI=1S/C15H20N2O3/c1-11-6-4-7-12(10-11)20-9-5-8-17-13(18)15(2,3)16-14(17)19/h4,6-7,10H,5,8-9H2,1-3H3,(H,16,19). The number of nitrogens with zero attached hydrogens (tertiary/aromatic N) is 1. The number of urea groups is 1. The predicted molar refractivity (Wildman–Crippen MR) is 75.6 cm³/mol. The fourth-order valence-electron chi connectivity index (χ4n) is 2.14. The zero-order valence-electron chi connectivity index (χ0n) is 12.1. The first-order chi connectivity index (χ1) is 9.40. The number of hydrogen-bond donors (Lipinski definition) is 1. The highest BCUT2D eigenvalue weighted by Gasteiger charge is 2.43. The first kappa shape index (κ1) is 14.4. The number of nitrogens with one attached hydrogen (secondary N) is 1. The van der Waals surface area contributed by atoms with E-state index in [1.807, 2.05) is 31.2 Å². The van der Waals surface area contributed by atoms with Gasteiger partial charge in [0, 0.05) is 6.54 Å². The highest BCUT2D eigenvalue weighted by atomic mass is 16.5. The summed E-state index contributed by atoms with van der Waals surface area (Å²) in [4.78, 5) is 24.9. The zero-order chi connectivity index (χ0) is 14.8. The molecule has 1 aliphatic rings. The zero-order valence-corrected chi connectivity index (χ0v) is 12.1. The Morgan fingerprint density at radius 3 is 2.65 bits per heavy atom. The number of amides is 3. The topological polar surface area (TPSA) is 58.6 Å². The van der Waals surface area contributed by atoms with Crippen molar-refractivity contribution in [1.29, 1.82) is 0 Å². The van der Waals surface area contributed by atoms with Gasteiger partial charge >= 0.3 is 6.03 Å². The number of rotatable bonds is 5. The van der Waals surface area contributed by atoms with Crippen molar-refractivity contribution in [2.75, 3.05) is 13.2 Å². The summed E-state index contributed by atoms with van der Waals surface area (Å²) in [6.07, 6.45) is 0.614. The molecule has 1 heterocycles. The van der Waals surface area contributed by atoms with Gasteiger partial charge in [0.2, 0.25) is 0 Å². The fraction of sp³-hybridized carbons (Fsp3) is 0.467. The van der Waals surface area contributed by atoms with Crippen LogP contribution in [0.1, 0.15) is 25.8 Å². The van der Waals surface area contributed by atoms with Crippen LogP contribution in [0.2, 0.25) is 0 Å². The maximum atomic E-state index is 11.9. The molecule has 1 aliphatic heterocycles. The monoisotopic (exact) mass is 276 g/mol. The molecular weight excluding hydrogens is 256 g/mol. The largest absolute Gasteiger partial charge is 0.494 e. The third-order valence-electron chi connectivity index (χ3n) is 3.23. The van der Waals surface area contributed by atoms with Gasteiger partial charge in [-0.1, -0.05) is 12.1 Å². The Labute approximate surface area is 118 Å². The Morgan fingerprint density at radius 2 is 2.05 bits per heavy atom. The number of imide groups is 1. The fourth-order valence-corrected chi connectivity index (χ4v) is 2.14. The van der Waals surface area contributed by atoms with Gasteiger partial charge in [0.05, 0.1) is 6.61 Å². The molecule has 0 atom stereocenters. The highest BCUT2D eigenvalue weighted by Crippen LogP contribution is 2.17. The Kier molecular flexibility index (Phi) is 3.97. The second-order valence-electron chi connectivity index (χ2n) is 5.53. The molecule has 0 saturated carbocycles. The van der Waals surface area contributed by atoms with Crippen molar-refractivity contribution in [1.82, 2.24) is 10.2 Å². The van der Waals surface area contributed by atoms with E-state index in [9.17, 15) is 9.59 Å². The predicted octanol–water partition coefficient (Wildman–Crippen LogP) is 2.09. The van der Waals surface area contributed by atoms with Gasteiger partial charge in [-0.25, -0.2) is 4.79 Å². The average Bonchev–Trinajstić information content (AvgIpc) is 2.56. The second kappa shape index (κ2) is 5.53. The van der Waals surface area contributed by atoms with Crippen molar-refractivity contribution in [2.45, 2.75) is 32.7 Å². The van der Waals surface area contributed by atoms with Crippen LogP contribution in [-0.4, -0.2) is 35.5 Å². The summed E-state index contributed by atoms with van der Waals surface area (Å²) in [5, 5.41) is 2.66. The van der Waals surface area contributed by atoms with Crippen molar-refractivity contribution in [3.05, 3.63) is 29.8 Å². The summed E-state index contributed by atoms with van der Waals surface area (Å²) in [6.45, 7) is 6.26. The number of benzene rings is 1. The molecule has 1 fully saturated rings. The molecule has 20 heavy (non-hydrogen) atoms. The SMILES string of the molecule is Cc1cccc(OCCCN2C(=O)NC(C)(C)C2=O)c1. The number of hydrogen-bond acceptors (Lipinski definition) is 3. The third-order valence-corrected chi connectivity index (χ3v) is 3.23. The highest BCUT2D eigenvalue weighted by molar-refractivity contribution is 6.06. The van der Waals surface area contributed by atoms with Crippen molar-refractivity contribution in [3.63, 3.8) is 0 Å². The average molecular weight is 276 g/mol. The van der Waals surface area contributed by atoms with E-state index in [0.717, 1.165) is 11.3 Å². The maximum absolute atomic E-state index is 11.9. The molecule has 5 nitrogen and oxygen atoms in total. The number of ether oxygens (including phenoxy) is 1. The minimum Gasteiger partial charge on any atom is -0.494 e. The van der Waals surface area contributed by atoms with Gasteiger partial charge in [0.1, 0.15) is 11.3 Å². The van der Waals surface area contributed by atoms with Crippen LogP contribution in [0.4, 0.5) is 4.79 Å². The number of carbonyl (C=O) groups is 2. The smallest absolute Gasteiger partial charge is 0.325 e. The van der Waals surface area contributed by atoms with Crippen molar-refractivity contribution < 1.29 is 14.3 Å². The molecule has 0 aromatic heterocycles. The van der Waals surface area contributed by atoms with Gasteiger partial charge in [-0.2, -0.15) is 0 Å². The Hall–Kier alpha value is -2.04. The van der Waals surface area contributed by atoms with Gasteiger partial charge < -0.3 is 10.1 Å². The van der Waals surface area contributed by atoms with Crippen molar-refractivity contribution >= 4 is 11.9 Å². The molecule has 5 heteroatoms. The molecule has 1 aromatic rings. The number of aryl methyl sites for hydroxylation is 1. The van der Waals surface area contributed by atoms with Crippen molar-refractivity contribution in [2.24, 2.45) is 0 Å². The molecule has 3 amide bonds. The van der Waals surface area contributed by atoms with Gasteiger partial charge in [-0.15, -0.1) is 0 Å². The first-order valence-corrected chi connectivity index (χ1v) is 6.74. The third kappa shape index (κ3) is 3.10. The molecule has 0 unspecified atom stereocenters. The van der Waals surface area contributed by atoms with Crippen LogP contribution in [0.5, 0.6) is 5.75 Å². The lowest BCUT2D eigenvalue weighted by atomic mass is 10.1. The van der Waals surface area contributed by atoms with Crippen molar-refractivity contribution in [3.8, 4) is 5.75 Å². The van der Waals surface area contributed by atoms with Crippen LogP contribution in [0.15, 0.2) is 24.3 Å². The van der Waals surface area contributed by atoms with E-state index in [2.05, 4.69) is 5.32 Å². The maximum Gasteiger partial charge on any atom is 0.325 e.